The first kappa shape index (κ1) is 12.2. The molecule has 15 heavy (non-hydrogen) atoms. The number of halogens is 1. The average molecular weight is 271 g/mol. The smallest absolute Gasteiger partial charge is 0.251 e. The van der Waals surface area contributed by atoms with Crippen molar-refractivity contribution in [3.05, 3.63) is 34.3 Å². The zero-order chi connectivity index (χ0) is 11.5. The molecule has 0 spiro atoms. The molecule has 0 heterocycles. The van der Waals surface area contributed by atoms with Gasteiger partial charge in [0.2, 0.25) is 0 Å². The third kappa shape index (κ3) is 3.64. The Bertz CT molecular complexity index is 363. The Morgan fingerprint density at radius 1 is 1.53 bits per heavy atom. The second kappa shape index (κ2) is 4.77. The van der Waals surface area contributed by atoms with Crippen LogP contribution in [0, 0.1) is 0 Å². The van der Waals surface area contributed by atoms with E-state index in [-0.39, 0.29) is 11.4 Å². The minimum Gasteiger partial charge on any atom is -0.346 e. The predicted molar refractivity (Wildman–Crippen MR) is 64.7 cm³/mol. The Morgan fingerprint density at radius 2 is 2.20 bits per heavy atom. The number of carbonyl (C=O) groups is 1. The van der Waals surface area contributed by atoms with Crippen LogP contribution in [0.3, 0.4) is 0 Å². The van der Waals surface area contributed by atoms with E-state index < -0.39 is 0 Å². The maximum absolute atomic E-state index is 11.8. The molecule has 0 fully saturated rings. The van der Waals surface area contributed by atoms with Gasteiger partial charge in [0.25, 0.3) is 5.91 Å². The molecule has 1 aromatic rings. The van der Waals surface area contributed by atoms with Gasteiger partial charge < -0.3 is 11.1 Å². The van der Waals surface area contributed by atoms with Crippen molar-refractivity contribution in [3.63, 3.8) is 0 Å². The van der Waals surface area contributed by atoms with Gasteiger partial charge in [-0.25, -0.2) is 0 Å². The summed E-state index contributed by atoms with van der Waals surface area (Å²) < 4.78 is 0.890. The fourth-order valence-corrected chi connectivity index (χ4v) is 1.46. The quantitative estimate of drug-likeness (QED) is 0.882. The van der Waals surface area contributed by atoms with E-state index in [1.807, 2.05) is 26.0 Å². The average Bonchev–Trinajstić information content (AvgIpc) is 2.17. The summed E-state index contributed by atoms with van der Waals surface area (Å²) in [5.41, 5.74) is 5.79. The molecule has 0 atom stereocenters. The number of hydrogen-bond donors (Lipinski definition) is 2. The van der Waals surface area contributed by atoms with Gasteiger partial charge in [-0.3, -0.25) is 4.79 Å². The lowest BCUT2D eigenvalue weighted by Gasteiger charge is -2.24. The molecule has 0 aliphatic rings. The van der Waals surface area contributed by atoms with Crippen molar-refractivity contribution in [2.45, 2.75) is 19.4 Å². The molecule has 0 unspecified atom stereocenters. The van der Waals surface area contributed by atoms with E-state index in [9.17, 15) is 4.79 Å². The fourth-order valence-electron chi connectivity index (χ4n) is 1.06. The molecule has 4 heteroatoms. The Kier molecular flexibility index (Phi) is 3.88. The van der Waals surface area contributed by atoms with Crippen molar-refractivity contribution in [2.75, 3.05) is 6.54 Å². The molecule has 0 radical (unpaired) electrons. The van der Waals surface area contributed by atoms with Gasteiger partial charge in [0.15, 0.2) is 0 Å². The second-order valence-electron chi connectivity index (χ2n) is 4.05. The number of carbonyl (C=O) groups excluding carboxylic acids is 1. The Labute approximate surface area is 98.2 Å². The molecule has 82 valence electrons. The van der Waals surface area contributed by atoms with E-state index in [4.69, 9.17) is 5.73 Å². The monoisotopic (exact) mass is 270 g/mol. The van der Waals surface area contributed by atoms with Crippen molar-refractivity contribution < 1.29 is 4.79 Å². The molecule has 3 N–H and O–H groups in total. The lowest BCUT2D eigenvalue weighted by molar-refractivity contribution is 0.0915. The first-order valence-electron chi connectivity index (χ1n) is 4.73. The van der Waals surface area contributed by atoms with Gasteiger partial charge in [0.05, 0.1) is 0 Å². The molecule has 0 saturated carbocycles. The van der Waals surface area contributed by atoms with Gasteiger partial charge >= 0.3 is 0 Å². The third-order valence-electron chi connectivity index (χ3n) is 2.05. The number of amides is 1. The summed E-state index contributed by atoms with van der Waals surface area (Å²) in [6.45, 7) is 4.19. The van der Waals surface area contributed by atoms with Crippen LogP contribution in [0.25, 0.3) is 0 Å². The number of benzene rings is 1. The number of nitrogens with one attached hydrogen (secondary N) is 1. The first-order valence-corrected chi connectivity index (χ1v) is 5.52. The molecule has 1 amide bonds. The minimum absolute atomic E-state index is 0.105. The maximum Gasteiger partial charge on any atom is 0.251 e. The van der Waals surface area contributed by atoms with Crippen LogP contribution in [0.5, 0.6) is 0 Å². The van der Waals surface area contributed by atoms with Crippen LogP contribution >= 0.6 is 15.9 Å². The van der Waals surface area contributed by atoms with Crippen LogP contribution in [0.2, 0.25) is 0 Å². The van der Waals surface area contributed by atoms with Crippen LogP contribution in [0.4, 0.5) is 0 Å². The highest BCUT2D eigenvalue weighted by Gasteiger charge is 2.18. The lowest BCUT2D eigenvalue weighted by atomic mass is 10.1. The fraction of sp³-hybridized carbons (Fsp3) is 0.364. The highest BCUT2D eigenvalue weighted by Crippen LogP contribution is 2.12. The molecule has 1 aromatic carbocycles. The summed E-state index contributed by atoms with van der Waals surface area (Å²) in [4.78, 5) is 11.8. The van der Waals surface area contributed by atoms with Crippen molar-refractivity contribution in [3.8, 4) is 0 Å². The van der Waals surface area contributed by atoms with Crippen LogP contribution in [-0.4, -0.2) is 18.0 Å². The minimum atomic E-state index is -0.376. The maximum atomic E-state index is 11.8. The number of rotatable bonds is 3. The van der Waals surface area contributed by atoms with Gasteiger partial charge in [0, 0.05) is 22.1 Å². The SMILES string of the molecule is CC(C)(CN)NC(=O)c1cccc(Br)c1. The van der Waals surface area contributed by atoms with E-state index in [1.54, 1.807) is 12.1 Å². The van der Waals surface area contributed by atoms with E-state index >= 15 is 0 Å². The molecule has 0 aromatic heterocycles. The molecule has 0 saturated heterocycles. The van der Waals surface area contributed by atoms with Crippen LogP contribution in [-0.2, 0) is 0 Å². The van der Waals surface area contributed by atoms with E-state index in [0.717, 1.165) is 4.47 Å². The number of nitrogens with two attached hydrogens (primary N) is 1. The summed E-state index contributed by atoms with van der Waals surface area (Å²) in [7, 11) is 0. The van der Waals surface area contributed by atoms with Gasteiger partial charge in [-0.1, -0.05) is 22.0 Å². The largest absolute Gasteiger partial charge is 0.346 e. The van der Waals surface area contributed by atoms with Gasteiger partial charge in [-0.2, -0.15) is 0 Å². The van der Waals surface area contributed by atoms with E-state index in [0.29, 0.717) is 12.1 Å². The Morgan fingerprint density at radius 3 is 2.73 bits per heavy atom. The summed E-state index contributed by atoms with van der Waals surface area (Å²) in [6, 6.07) is 7.26. The van der Waals surface area contributed by atoms with Crippen molar-refractivity contribution >= 4 is 21.8 Å². The van der Waals surface area contributed by atoms with Gasteiger partial charge in [0.1, 0.15) is 0 Å². The molecular weight excluding hydrogens is 256 g/mol. The van der Waals surface area contributed by atoms with Crippen LogP contribution in [0.1, 0.15) is 24.2 Å². The van der Waals surface area contributed by atoms with Crippen LogP contribution < -0.4 is 11.1 Å². The topological polar surface area (TPSA) is 55.1 Å². The van der Waals surface area contributed by atoms with Crippen molar-refractivity contribution in [1.82, 2.24) is 5.32 Å². The van der Waals surface area contributed by atoms with Gasteiger partial charge in [-0.05, 0) is 32.0 Å². The molecule has 0 bridgehead atoms. The van der Waals surface area contributed by atoms with Crippen LogP contribution in [0.15, 0.2) is 28.7 Å². The normalized spacial score (nSPS) is 11.2. The van der Waals surface area contributed by atoms with E-state index in [2.05, 4.69) is 21.2 Å². The Hall–Kier alpha value is -0.870. The third-order valence-corrected chi connectivity index (χ3v) is 2.54. The lowest BCUT2D eigenvalue weighted by Crippen LogP contribution is -2.48. The van der Waals surface area contributed by atoms with E-state index in [1.165, 1.54) is 0 Å². The molecule has 0 aliphatic heterocycles. The van der Waals surface area contributed by atoms with Crippen molar-refractivity contribution in [1.29, 1.82) is 0 Å². The standard InChI is InChI=1S/C11H15BrN2O/c1-11(2,7-13)14-10(15)8-4-3-5-9(12)6-8/h3-6H,7,13H2,1-2H3,(H,14,15). The zero-order valence-electron chi connectivity index (χ0n) is 8.88. The Balaban J connectivity index is 2.78. The highest BCUT2D eigenvalue weighted by molar-refractivity contribution is 9.10. The zero-order valence-corrected chi connectivity index (χ0v) is 10.5. The predicted octanol–water partition coefficient (Wildman–Crippen LogP) is 1.92. The first-order chi connectivity index (χ1) is 6.94. The molecule has 0 aliphatic carbocycles. The molecular formula is C11H15BrN2O. The highest BCUT2D eigenvalue weighted by atomic mass is 79.9. The summed E-state index contributed by atoms with van der Waals surface area (Å²) >= 11 is 3.32. The summed E-state index contributed by atoms with van der Waals surface area (Å²) in [5, 5.41) is 2.86. The molecule has 3 nitrogen and oxygen atoms in total. The summed E-state index contributed by atoms with van der Waals surface area (Å²) in [6.07, 6.45) is 0. The van der Waals surface area contributed by atoms with Gasteiger partial charge in [-0.15, -0.1) is 0 Å². The number of hydrogen-bond acceptors (Lipinski definition) is 2. The second-order valence-corrected chi connectivity index (χ2v) is 4.97. The van der Waals surface area contributed by atoms with Crippen molar-refractivity contribution in [2.24, 2.45) is 5.73 Å². The summed E-state index contributed by atoms with van der Waals surface area (Å²) in [5.74, 6) is -0.105. The molecule has 1 rings (SSSR count).